The van der Waals surface area contributed by atoms with Crippen molar-refractivity contribution in [3.05, 3.63) is 42.0 Å². The summed E-state index contributed by atoms with van der Waals surface area (Å²) in [7, 11) is 0. The second-order valence-corrected chi connectivity index (χ2v) is 6.93. The number of halogens is 3. The van der Waals surface area contributed by atoms with E-state index in [2.05, 4.69) is 6.58 Å². The third kappa shape index (κ3) is 4.27. The number of carbonyl (C=O) groups excluding carboxylic acids is 1. The van der Waals surface area contributed by atoms with Crippen LogP contribution in [0.4, 0.5) is 13.2 Å². The highest BCUT2D eigenvalue weighted by atomic mass is 19.4. The molecule has 4 nitrogen and oxygen atoms in total. The zero-order valence-corrected chi connectivity index (χ0v) is 14.9. The van der Waals surface area contributed by atoms with Crippen LogP contribution < -0.4 is 4.74 Å². The van der Waals surface area contributed by atoms with E-state index in [1.807, 2.05) is 0 Å². The van der Waals surface area contributed by atoms with Gasteiger partial charge >= 0.3 is 12.1 Å². The molecule has 1 unspecified atom stereocenters. The second-order valence-electron chi connectivity index (χ2n) is 6.93. The van der Waals surface area contributed by atoms with Gasteiger partial charge in [-0.05, 0) is 32.8 Å². The number of ether oxygens (including phenoxy) is 2. The molecule has 1 aliphatic carbocycles. The average Bonchev–Trinajstić information content (AvgIpc) is 3.02. The summed E-state index contributed by atoms with van der Waals surface area (Å²) in [5.74, 6) is -0.387. The smallest absolute Gasteiger partial charge is 0.419 e. The Morgan fingerprint density at radius 1 is 1.27 bits per heavy atom. The number of benzene rings is 1. The van der Waals surface area contributed by atoms with Crippen molar-refractivity contribution < 1.29 is 32.5 Å². The Labute approximate surface area is 150 Å². The fraction of sp³-hybridized carbons (Fsp3) is 0.526. The second kappa shape index (κ2) is 7.40. The summed E-state index contributed by atoms with van der Waals surface area (Å²) in [5, 5.41) is 9.71. The lowest BCUT2D eigenvalue weighted by Gasteiger charge is -2.35. The normalized spacial score (nSPS) is 19.0. The third-order valence-corrected chi connectivity index (χ3v) is 4.58. The molecule has 1 aromatic carbocycles. The maximum absolute atomic E-state index is 13.0. The zero-order valence-electron chi connectivity index (χ0n) is 14.9. The minimum absolute atomic E-state index is 0.209. The van der Waals surface area contributed by atoms with Crippen molar-refractivity contribution >= 4 is 5.97 Å². The Morgan fingerprint density at radius 2 is 1.85 bits per heavy atom. The van der Waals surface area contributed by atoms with Gasteiger partial charge in [0.2, 0.25) is 0 Å². The number of rotatable bonds is 6. The van der Waals surface area contributed by atoms with Gasteiger partial charge < -0.3 is 14.6 Å². The maximum atomic E-state index is 13.0. The van der Waals surface area contributed by atoms with Crippen LogP contribution in [0.2, 0.25) is 0 Å². The van der Waals surface area contributed by atoms with Crippen LogP contribution >= 0.6 is 0 Å². The molecule has 7 heteroatoms. The average molecular weight is 372 g/mol. The Hall–Kier alpha value is -1.86. The molecule has 1 N–H and O–H groups in total. The van der Waals surface area contributed by atoms with E-state index in [4.69, 9.17) is 9.47 Å². The predicted molar refractivity (Wildman–Crippen MR) is 89.7 cm³/mol. The molecule has 0 aromatic heterocycles. The van der Waals surface area contributed by atoms with Crippen molar-refractivity contribution in [2.24, 2.45) is 0 Å². The summed E-state index contributed by atoms with van der Waals surface area (Å²) in [6.45, 7) is 4.81. The molecule has 1 aromatic rings. The molecule has 0 heterocycles. The molecule has 0 bridgehead atoms. The van der Waals surface area contributed by atoms with E-state index < -0.39 is 30.0 Å². The lowest BCUT2D eigenvalue weighted by Crippen LogP contribution is -2.48. The van der Waals surface area contributed by atoms with Crippen LogP contribution in [0.25, 0.3) is 0 Å². The van der Waals surface area contributed by atoms with Gasteiger partial charge in [-0.1, -0.05) is 37.6 Å². The van der Waals surface area contributed by atoms with Crippen LogP contribution in [-0.4, -0.2) is 29.5 Å². The first-order chi connectivity index (χ1) is 12.0. The number of esters is 1. The van der Waals surface area contributed by atoms with Gasteiger partial charge in [0.15, 0.2) is 5.60 Å². The summed E-state index contributed by atoms with van der Waals surface area (Å²) in [6.07, 6.45) is -2.34. The Kier molecular flexibility index (Phi) is 5.82. The number of para-hydroxylation sites is 1. The van der Waals surface area contributed by atoms with Crippen molar-refractivity contribution in [3.63, 3.8) is 0 Å². The molecule has 1 saturated carbocycles. The van der Waals surface area contributed by atoms with Crippen molar-refractivity contribution in [3.8, 4) is 5.75 Å². The molecule has 0 radical (unpaired) electrons. The molecular weight excluding hydrogens is 349 g/mol. The first-order valence-electron chi connectivity index (χ1n) is 8.39. The highest BCUT2D eigenvalue weighted by Gasteiger charge is 2.52. The van der Waals surface area contributed by atoms with Crippen LogP contribution in [0.5, 0.6) is 5.75 Å². The van der Waals surface area contributed by atoms with Gasteiger partial charge in [-0.15, -0.1) is 0 Å². The Balaban J connectivity index is 2.33. The van der Waals surface area contributed by atoms with Crippen LogP contribution in [0.15, 0.2) is 36.4 Å². The molecule has 144 valence electrons. The van der Waals surface area contributed by atoms with Crippen LogP contribution in [-0.2, 0) is 15.1 Å². The van der Waals surface area contributed by atoms with Gasteiger partial charge in [0.1, 0.15) is 5.75 Å². The van der Waals surface area contributed by atoms with E-state index in [0.717, 1.165) is 12.8 Å². The first kappa shape index (κ1) is 20.5. The lowest BCUT2D eigenvalue weighted by atomic mass is 9.90. The maximum Gasteiger partial charge on any atom is 0.419 e. The third-order valence-electron chi connectivity index (χ3n) is 4.58. The number of aliphatic hydroxyl groups is 1. The summed E-state index contributed by atoms with van der Waals surface area (Å²) < 4.78 is 49.9. The van der Waals surface area contributed by atoms with E-state index in [0.29, 0.717) is 25.3 Å². The van der Waals surface area contributed by atoms with Gasteiger partial charge in [-0.25, -0.2) is 4.79 Å². The molecular formula is C19H23F3O4. The van der Waals surface area contributed by atoms with Crippen molar-refractivity contribution in [2.75, 3.05) is 6.61 Å². The van der Waals surface area contributed by atoms with Crippen molar-refractivity contribution in [1.29, 1.82) is 0 Å². The molecule has 0 spiro atoms. The SMILES string of the molecule is C=C(C)C(=O)Oc1ccccc1C1(OCC(C)(O)C(F)(F)F)CCCC1. The molecule has 1 aliphatic rings. The first-order valence-corrected chi connectivity index (χ1v) is 8.39. The minimum atomic E-state index is -4.81. The van der Waals surface area contributed by atoms with Gasteiger partial charge in [0.05, 0.1) is 12.2 Å². The monoisotopic (exact) mass is 372 g/mol. The summed E-state index contributed by atoms with van der Waals surface area (Å²) in [6, 6.07) is 6.62. The molecule has 0 aliphatic heterocycles. The van der Waals surface area contributed by atoms with E-state index in [-0.39, 0.29) is 11.3 Å². The van der Waals surface area contributed by atoms with E-state index in [9.17, 15) is 23.1 Å². The van der Waals surface area contributed by atoms with E-state index in [1.165, 1.54) is 6.92 Å². The van der Waals surface area contributed by atoms with Gasteiger partial charge in [0.25, 0.3) is 0 Å². The van der Waals surface area contributed by atoms with E-state index >= 15 is 0 Å². The molecule has 0 saturated heterocycles. The van der Waals surface area contributed by atoms with Gasteiger partial charge in [-0.3, -0.25) is 0 Å². The van der Waals surface area contributed by atoms with Crippen molar-refractivity contribution in [2.45, 2.75) is 56.9 Å². The van der Waals surface area contributed by atoms with Crippen LogP contribution in [0, 0.1) is 0 Å². The lowest BCUT2D eigenvalue weighted by molar-refractivity contribution is -0.278. The largest absolute Gasteiger partial charge is 0.423 e. The number of alkyl halides is 3. The fourth-order valence-electron chi connectivity index (χ4n) is 2.92. The molecule has 0 amide bonds. The quantitative estimate of drug-likeness (QED) is 0.460. The van der Waals surface area contributed by atoms with Gasteiger partial charge in [-0.2, -0.15) is 13.2 Å². The predicted octanol–water partition coefficient (Wildman–Crippen LogP) is 4.27. The number of hydrogen-bond acceptors (Lipinski definition) is 4. The van der Waals surface area contributed by atoms with Crippen molar-refractivity contribution in [1.82, 2.24) is 0 Å². The Bertz CT molecular complexity index is 674. The Morgan fingerprint density at radius 3 is 2.38 bits per heavy atom. The highest BCUT2D eigenvalue weighted by Crippen LogP contribution is 2.47. The van der Waals surface area contributed by atoms with Gasteiger partial charge in [0, 0.05) is 11.1 Å². The summed E-state index contributed by atoms with van der Waals surface area (Å²) in [5.41, 5.74) is -3.29. The van der Waals surface area contributed by atoms with E-state index in [1.54, 1.807) is 24.3 Å². The topological polar surface area (TPSA) is 55.8 Å². The summed E-state index contributed by atoms with van der Waals surface area (Å²) in [4.78, 5) is 11.9. The molecule has 2 rings (SSSR count). The zero-order chi connectivity index (χ0) is 19.6. The van der Waals surface area contributed by atoms with Crippen LogP contribution in [0.1, 0.15) is 45.1 Å². The molecule has 1 fully saturated rings. The molecule has 1 atom stereocenters. The summed E-state index contributed by atoms with van der Waals surface area (Å²) >= 11 is 0. The van der Waals surface area contributed by atoms with Crippen LogP contribution in [0.3, 0.4) is 0 Å². The standard InChI is InChI=1S/C19H23F3O4/c1-13(2)16(23)26-15-9-5-4-8-14(15)18(10-6-7-11-18)25-12-17(3,24)19(20,21)22/h4-5,8-9,24H,1,6-7,10-12H2,2-3H3. The minimum Gasteiger partial charge on any atom is -0.423 e. The fourth-order valence-corrected chi connectivity index (χ4v) is 2.92. The highest BCUT2D eigenvalue weighted by molar-refractivity contribution is 5.89. The number of carbonyl (C=O) groups is 1. The molecule has 26 heavy (non-hydrogen) atoms. The number of hydrogen-bond donors (Lipinski definition) is 1.